The zero-order valence-electron chi connectivity index (χ0n) is 7.49. The van der Waals surface area contributed by atoms with E-state index in [1.54, 1.807) is 6.21 Å². The van der Waals surface area contributed by atoms with E-state index < -0.39 is 0 Å². The van der Waals surface area contributed by atoms with Gasteiger partial charge in [0.05, 0.1) is 6.21 Å². The summed E-state index contributed by atoms with van der Waals surface area (Å²) >= 11 is 0. The van der Waals surface area contributed by atoms with Gasteiger partial charge in [0.1, 0.15) is 0 Å². The van der Waals surface area contributed by atoms with E-state index in [1.165, 1.54) is 5.56 Å². The Labute approximate surface area is 73.1 Å². The van der Waals surface area contributed by atoms with E-state index in [-0.39, 0.29) is 0 Å². The summed E-state index contributed by atoms with van der Waals surface area (Å²) in [5.41, 5.74) is 2.38. The van der Waals surface area contributed by atoms with E-state index in [1.807, 2.05) is 12.1 Å². The predicted octanol–water partition coefficient (Wildman–Crippen LogP) is 2.10. The van der Waals surface area contributed by atoms with Crippen LogP contribution in [0.2, 0.25) is 0 Å². The van der Waals surface area contributed by atoms with Crippen molar-refractivity contribution in [3.63, 3.8) is 0 Å². The number of benzene rings is 1. The lowest BCUT2D eigenvalue weighted by molar-refractivity contribution is 0.866. The molecule has 12 heavy (non-hydrogen) atoms. The molecule has 0 saturated heterocycles. The van der Waals surface area contributed by atoms with E-state index in [0.717, 1.165) is 5.56 Å². The van der Waals surface area contributed by atoms with Gasteiger partial charge in [0.2, 0.25) is 0 Å². The van der Waals surface area contributed by atoms with Crippen molar-refractivity contribution in [1.82, 2.24) is 0 Å². The summed E-state index contributed by atoms with van der Waals surface area (Å²) in [5, 5.41) is 3.46. The van der Waals surface area contributed by atoms with Crippen molar-refractivity contribution < 1.29 is 0 Å². The molecule has 0 aliphatic carbocycles. The highest BCUT2D eigenvalue weighted by Crippen LogP contribution is 2.13. The molecule has 0 amide bonds. The van der Waals surface area contributed by atoms with E-state index in [2.05, 4.69) is 31.1 Å². The van der Waals surface area contributed by atoms with Crippen LogP contribution in [0.1, 0.15) is 30.9 Å². The molecule has 0 aromatic heterocycles. The van der Waals surface area contributed by atoms with Crippen LogP contribution in [0.3, 0.4) is 0 Å². The lowest BCUT2D eigenvalue weighted by Gasteiger charge is -2.03. The molecule has 0 unspecified atom stereocenters. The lowest BCUT2D eigenvalue weighted by Crippen LogP contribution is -1.89. The Bertz CT molecular complexity index is 260. The van der Waals surface area contributed by atoms with Gasteiger partial charge in [0, 0.05) is 0 Å². The van der Waals surface area contributed by atoms with Crippen LogP contribution in [-0.4, -0.2) is 6.21 Å². The zero-order valence-corrected chi connectivity index (χ0v) is 7.49. The molecule has 0 atom stereocenters. The summed E-state index contributed by atoms with van der Waals surface area (Å²) in [5.74, 6) is 5.61. The summed E-state index contributed by atoms with van der Waals surface area (Å²) in [6.07, 6.45) is 1.64. The first-order valence-corrected chi connectivity index (χ1v) is 4.07. The maximum atomic E-state index is 5.03. The Morgan fingerprint density at radius 3 is 2.25 bits per heavy atom. The highest BCUT2D eigenvalue weighted by molar-refractivity contribution is 5.79. The SMILES string of the molecule is CC(C)c1ccc(C=NN)cc1. The first kappa shape index (κ1) is 8.78. The van der Waals surface area contributed by atoms with Crippen molar-refractivity contribution in [2.75, 3.05) is 0 Å². The number of nitrogens with two attached hydrogens (primary N) is 1. The van der Waals surface area contributed by atoms with Crippen LogP contribution >= 0.6 is 0 Å². The van der Waals surface area contributed by atoms with Gasteiger partial charge < -0.3 is 5.84 Å². The van der Waals surface area contributed by atoms with Crippen LogP contribution in [0.25, 0.3) is 0 Å². The first-order valence-electron chi connectivity index (χ1n) is 4.07. The van der Waals surface area contributed by atoms with Crippen LogP contribution < -0.4 is 5.84 Å². The van der Waals surface area contributed by atoms with Gasteiger partial charge in [-0.3, -0.25) is 0 Å². The van der Waals surface area contributed by atoms with Gasteiger partial charge in [-0.05, 0) is 17.0 Å². The Morgan fingerprint density at radius 1 is 1.25 bits per heavy atom. The van der Waals surface area contributed by atoms with Crippen LogP contribution in [0.5, 0.6) is 0 Å². The van der Waals surface area contributed by atoms with E-state index in [0.29, 0.717) is 5.92 Å². The molecule has 0 aliphatic rings. The average Bonchev–Trinajstić information content (AvgIpc) is 2.06. The van der Waals surface area contributed by atoms with Gasteiger partial charge in [-0.1, -0.05) is 38.1 Å². The second-order valence-electron chi connectivity index (χ2n) is 3.10. The van der Waals surface area contributed by atoms with Crippen LogP contribution in [0, 0.1) is 0 Å². The van der Waals surface area contributed by atoms with Crippen LogP contribution in [-0.2, 0) is 0 Å². The highest BCUT2D eigenvalue weighted by Gasteiger charge is 1.96. The molecule has 64 valence electrons. The molecular weight excluding hydrogens is 148 g/mol. The molecule has 1 aromatic carbocycles. The molecule has 1 rings (SSSR count). The average molecular weight is 162 g/mol. The maximum absolute atomic E-state index is 5.03. The van der Waals surface area contributed by atoms with Crippen molar-refractivity contribution >= 4 is 6.21 Å². The number of hydrogen-bond acceptors (Lipinski definition) is 2. The third-order valence-electron chi connectivity index (χ3n) is 1.83. The van der Waals surface area contributed by atoms with E-state index in [4.69, 9.17) is 5.84 Å². The highest BCUT2D eigenvalue weighted by atomic mass is 15.1. The lowest BCUT2D eigenvalue weighted by atomic mass is 10.0. The third kappa shape index (κ3) is 2.09. The third-order valence-corrected chi connectivity index (χ3v) is 1.83. The molecule has 0 spiro atoms. The molecular formula is C10H14N2. The summed E-state index contributed by atoms with van der Waals surface area (Å²) < 4.78 is 0. The maximum Gasteiger partial charge on any atom is 0.0538 e. The molecule has 2 heteroatoms. The van der Waals surface area contributed by atoms with Gasteiger partial charge in [0.25, 0.3) is 0 Å². The monoisotopic (exact) mass is 162 g/mol. The summed E-state index contributed by atoms with van der Waals surface area (Å²) in [6.45, 7) is 4.35. The topological polar surface area (TPSA) is 38.4 Å². The van der Waals surface area contributed by atoms with Gasteiger partial charge in [-0.15, -0.1) is 0 Å². The minimum atomic E-state index is 0.578. The predicted molar refractivity (Wildman–Crippen MR) is 52.3 cm³/mol. The smallest absolute Gasteiger partial charge is 0.0538 e. The summed E-state index contributed by atoms with van der Waals surface area (Å²) in [6, 6.07) is 8.24. The van der Waals surface area contributed by atoms with Crippen LogP contribution in [0.15, 0.2) is 29.4 Å². The molecule has 0 fully saturated rings. The van der Waals surface area contributed by atoms with Gasteiger partial charge in [-0.25, -0.2) is 0 Å². The van der Waals surface area contributed by atoms with Gasteiger partial charge in [0.15, 0.2) is 0 Å². The molecule has 2 nitrogen and oxygen atoms in total. The number of hydrogen-bond donors (Lipinski definition) is 1. The quantitative estimate of drug-likeness (QED) is 0.403. The van der Waals surface area contributed by atoms with Crippen molar-refractivity contribution in [3.8, 4) is 0 Å². The molecule has 2 N–H and O–H groups in total. The largest absolute Gasteiger partial charge is 0.323 e. The van der Waals surface area contributed by atoms with E-state index >= 15 is 0 Å². The van der Waals surface area contributed by atoms with Crippen molar-refractivity contribution in [2.45, 2.75) is 19.8 Å². The van der Waals surface area contributed by atoms with Crippen molar-refractivity contribution in [1.29, 1.82) is 0 Å². The van der Waals surface area contributed by atoms with Crippen molar-refractivity contribution in [3.05, 3.63) is 35.4 Å². The minimum Gasteiger partial charge on any atom is -0.323 e. The zero-order chi connectivity index (χ0) is 8.97. The Hall–Kier alpha value is -1.31. The number of hydrazone groups is 1. The number of rotatable bonds is 2. The Kier molecular flexibility index (Phi) is 2.86. The fourth-order valence-electron chi connectivity index (χ4n) is 1.05. The fourth-order valence-corrected chi connectivity index (χ4v) is 1.05. The van der Waals surface area contributed by atoms with Crippen LogP contribution in [0.4, 0.5) is 0 Å². The molecule has 0 bridgehead atoms. The molecule has 0 saturated carbocycles. The second kappa shape index (κ2) is 3.90. The standard InChI is InChI=1S/C10H14N2/c1-8(2)10-5-3-9(4-6-10)7-12-11/h3-8H,11H2,1-2H3. The molecule has 0 aliphatic heterocycles. The van der Waals surface area contributed by atoms with Gasteiger partial charge in [-0.2, -0.15) is 5.10 Å². The van der Waals surface area contributed by atoms with Gasteiger partial charge >= 0.3 is 0 Å². The number of nitrogens with zero attached hydrogens (tertiary/aromatic N) is 1. The van der Waals surface area contributed by atoms with E-state index in [9.17, 15) is 0 Å². The Balaban J connectivity index is 2.85. The summed E-state index contributed by atoms with van der Waals surface area (Å²) in [4.78, 5) is 0. The first-order chi connectivity index (χ1) is 5.74. The summed E-state index contributed by atoms with van der Waals surface area (Å²) in [7, 11) is 0. The van der Waals surface area contributed by atoms with Crippen molar-refractivity contribution in [2.24, 2.45) is 10.9 Å². The Morgan fingerprint density at radius 2 is 1.83 bits per heavy atom. The molecule has 1 aromatic rings. The molecule has 0 radical (unpaired) electrons. The molecule has 0 heterocycles. The second-order valence-corrected chi connectivity index (χ2v) is 3.10. The fraction of sp³-hybridized carbons (Fsp3) is 0.300. The minimum absolute atomic E-state index is 0.578. The normalized spacial score (nSPS) is 11.2.